The van der Waals surface area contributed by atoms with Crippen LogP contribution in [0.15, 0.2) is 6.20 Å². The molecule has 10 heteroatoms. The van der Waals surface area contributed by atoms with Crippen molar-refractivity contribution >= 4 is 35.7 Å². The van der Waals surface area contributed by atoms with E-state index in [9.17, 15) is 14.9 Å². The smallest absolute Gasteiger partial charge is 0.329 e. The maximum absolute atomic E-state index is 12.1. The van der Waals surface area contributed by atoms with Crippen molar-refractivity contribution in [1.82, 2.24) is 9.97 Å². The van der Waals surface area contributed by atoms with Gasteiger partial charge in [-0.05, 0) is 45.2 Å². The SMILES string of the molecule is CC(C)(C)OC(=O)B1CCC(Nc2nc(Cl)ncc2[N+](=O)[O-])CC1. The number of nitro groups is 1. The first-order valence-electron chi connectivity index (χ1n) is 7.82. The van der Waals surface area contributed by atoms with Gasteiger partial charge < -0.3 is 10.1 Å². The summed E-state index contributed by atoms with van der Waals surface area (Å²) >= 11 is 5.72. The molecule has 0 amide bonds. The van der Waals surface area contributed by atoms with Crippen LogP contribution in [0.2, 0.25) is 17.9 Å². The van der Waals surface area contributed by atoms with Crippen molar-refractivity contribution in [1.29, 1.82) is 0 Å². The van der Waals surface area contributed by atoms with E-state index in [1.54, 1.807) is 0 Å². The van der Waals surface area contributed by atoms with Crippen LogP contribution >= 0.6 is 11.6 Å². The molecule has 1 fully saturated rings. The summed E-state index contributed by atoms with van der Waals surface area (Å²) in [5.74, 6) is -0.0715. The third-order valence-corrected chi connectivity index (χ3v) is 3.93. The third-order valence-electron chi connectivity index (χ3n) is 3.74. The second kappa shape index (κ2) is 7.33. The minimum Gasteiger partial charge on any atom is -0.468 e. The molecule has 1 aromatic heterocycles. The first kappa shape index (κ1) is 18.4. The largest absolute Gasteiger partial charge is 0.468 e. The Kier molecular flexibility index (Phi) is 5.64. The maximum atomic E-state index is 12.1. The Labute approximate surface area is 145 Å². The predicted molar refractivity (Wildman–Crippen MR) is 91.9 cm³/mol. The average Bonchev–Trinajstić information content (AvgIpc) is 2.46. The van der Waals surface area contributed by atoms with Gasteiger partial charge in [-0.25, -0.2) is 4.98 Å². The molecule has 0 radical (unpaired) electrons. The molecule has 2 heterocycles. The van der Waals surface area contributed by atoms with Crippen molar-refractivity contribution in [3.05, 3.63) is 21.6 Å². The maximum Gasteiger partial charge on any atom is 0.329 e. The summed E-state index contributed by atoms with van der Waals surface area (Å²) in [5, 5.41) is 14.0. The lowest BCUT2D eigenvalue weighted by Crippen LogP contribution is -2.38. The number of halogens is 1. The van der Waals surface area contributed by atoms with E-state index in [2.05, 4.69) is 15.3 Å². The van der Waals surface area contributed by atoms with E-state index >= 15 is 0 Å². The summed E-state index contributed by atoms with van der Waals surface area (Å²) < 4.78 is 5.41. The minimum atomic E-state index is -0.551. The van der Waals surface area contributed by atoms with Crippen molar-refractivity contribution < 1.29 is 14.5 Å². The lowest BCUT2D eigenvalue weighted by molar-refractivity contribution is -0.384. The van der Waals surface area contributed by atoms with Crippen molar-refractivity contribution in [2.45, 2.75) is 57.9 Å². The Bertz CT molecular complexity index is 630. The zero-order valence-corrected chi connectivity index (χ0v) is 14.7. The molecule has 130 valence electrons. The van der Waals surface area contributed by atoms with Crippen LogP contribution in [0, 0.1) is 10.1 Å². The van der Waals surface area contributed by atoms with Crippen LogP contribution in [0.25, 0.3) is 0 Å². The molecule has 0 aliphatic carbocycles. The molecule has 0 atom stereocenters. The Morgan fingerprint density at radius 2 is 2.08 bits per heavy atom. The number of rotatable bonds is 4. The molecule has 0 aromatic carbocycles. The summed E-state index contributed by atoms with van der Waals surface area (Å²) in [6.07, 6.45) is 3.81. The highest BCUT2D eigenvalue weighted by Crippen LogP contribution is 2.28. The molecule has 0 spiro atoms. The van der Waals surface area contributed by atoms with Crippen LogP contribution in [0.1, 0.15) is 33.6 Å². The number of ether oxygens (including phenoxy) is 1. The highest BCUT2D eigenvalue weighted by atomic mass is 35.5. The third kappa shape index (κ3) is 5.05. The van der Waals surface area contributed by atoms with Gasteiger partial charge >= 0.3 is 5.69 Å². The van der Waals surface area contributed by atoms with Gasteiger partial charge in [0, 0.05) is 6.04 Å². The van der Waals surface area contributed by atoms with Gasteiger partial charge in [0.25, 0.3) is 12.6 Å². The molecule has 24 heavy (non-hydrogen) atoms. The van der Waals surface area contributed by atoms with E-state index in [4.69, 9.17) is 16.3 Å². The summed E-state index contributed by atoms with van der Waals surface area (Å²) in [7, 11) is 0. The van der Waals surface area contributed by atoms with Crippen LogP contribution in [0.4, 0.5) is 16.3 Å². The summed E-state index contributed by atoms with van der Waals surface area (Å²) in [5.41, 5.74) is -0.710. The molecule has 1 saturated heterocycles. The Morgan fingerprint density at radius 1 is 1.46 bits per heavy atom. The van der Waals surface area contributed by atoms with Gasteiger partial charge in [0.15, 0.2) is 0 Å². The van der Waals surface area contributed by atoms with Gasteiger partial charge in [-0.2, -0.15) is 4.98 Å². The molecular weight excluding hydrogens is 334 g/mol. The van der Waals surface area contributed by atoms with E-state index in [-0.39, 0.29) is 35.4 Å². The van der Waals surface area contributed by atoms with Gasteiger partial charge in [-0.1, -0.05) is 12.6 Å². The molecule has 8 nitrogen and oxygen atoms in total. The lowest BCUT2D eigenvalue weighted by atomic mass is 9.41. The Balaban J connectivity index is 1.95. The number of nitrogens with zero attached hydrogens (tertiary/aromatic N) is 3. The van der Waals surface area contributed by atoms with Crippen LogP contribution in [-0.2, 0) is 4.74 Å². The molecule has 1 aliphatic rings. The average molecular weight is 355 g/mol. The molecule has 1 aliphatic heterocycles. The van der Waals surface area contributed by atoms with Crippen molar-refractivity contribution in [2.24, 2.45) is 0 Å². The molecule has 0 bridgehead atoms. The topological polar surface area (TPSA) is 107 Å². The van der Waals surface area contributed by atoms with E-state index in [0.717, 1.165) is 6.20 Å². The summed E-state index contributed by atoms with van der Waals surface area (Å²) in [6, 6.07) is -0.00615. The predicted octanol–water partition coefficient (Wildman–Crippen LogP) is 3.62. The van der Waals surface area contributed by atoms with Crippen LogP contribution in [0.3, 0.4) is 0 Å². The molecule has 1 aromatic rings. The van der Waals surface area contributed by atoms with Crippen molar-refractivity contribution in [3.8, 4) is 0 Å². The van der Waals surface area contributed by atoms with Gasteiger partial charge in [0.05, 0.1) is 4.92 Å². The number of carbonyl (C=O) groups is 1. The summed E-state index contributed by atoms with van der Waals surface area (Å²) in [6.45, 7) is 5.40. The first-order valence-corrected chi connectivity index (χ1v) is 8.20. The van der Waals surface area contributed by atoms with Crippen LogP contribution in [0.5, 0.6) is 0 Å². The first-order chi connectivity index (χ1) is 11.2. The van der Waals surface area contributed by atoms with Crippen molar-refractivity contribution in [3.63, 3.8) is 0 Å². The standard InChI is InChI=1S/C14H20BClN4O4/c1-14(2,3)24-12(21)15-6-4-9(5-7-15)18-11-10(20(22)23)8-17-13(16)19-11/h8-9H,4-7H2,1-3H3,(H,17,18,19). The fourth-order valence-electron chi connectivity index (χ4n) is 2.65. The van der Waals surface area contributed by atoms with Gasteiger partial charge in [0.2, 0.25) is 11.1 Å². The van der Waals surface area contributed by atoms with E-state index < -0.39 is 10.5 Å². The zero-order valence-electron chi connectivity index (χ0n) is 13.9. The molecule has 1 N–H and O–H groups in total. The molecule has 2 rings (SSSR count). The normalized spacial score (nSPS) is 15.9. The minimum absolute atomic E-state index is 0.00615. The Hall–Kier alpha value is -1.90. The van der Waals surface area contributed by atoms with Crippen LogP contribution < -0.4 is 5.32 Å². The highest BCUT2D eigenvalue weighted by molar-refractivity contribution is 6.88. The van der Waals surface area contributed by atoms with Crippen molar-refractivity contribution in [2.75, 3.05) is 5.32 Å². The van der Waals surface area contributed by atoms with E-state index in [1.807, 2.05) is 20.8 Å². The van der Waals surface area contributed by atoms with Gasteiger partial charge in [0.1, 0.15) is 11.8 Å². The summed E-state index contributed by atoms with van der Waals surface area (Å²) in [4.78, 5) is 30.1. The second-order valence-corrected chi connectivity index (χ2v) is 7.19. The van der Waals surface area contributed by atoms with Gasteiger partial charge in [-0.15, -0.1) is 0 Å². The lowest BCUT2D eigenvalue weighted by Gasteiger charge is -2.28. The molecular formula is C14H20BClN4O4. The monoisotopic (exact) mass is 354 g/mol. The number of anilines is 1. The van der Waals surface area contributed by atoms with Crippen LogP contribution in [-0.4, -0.2) is 39.1 Å². The quantitative estimate of drug-likeness (QED) is 0.381. The fraction of sp³-hybridized carbons (Fsp3) is 0.643. The zero-order chi connectivity index (χ0) is 17.9. The van der Waals surface area contributed by atoms with E-state index in [0.29, 0.717) is 25.5 Å². The number of aromatic nitrogens is 2. The molecule has 0 unspecified atom stereocenters. The number of hydrogen-bond acceptors (Lipinski definition) is 7. The molecule has 0 saturated carbocycles. The second-order valence-electron chi connectivity index (χ2n) is 6.86. The van der Waals surface area contributed by atoms with E-state index in [1.165, 1.54) is 0 Å². The number of carbonyl (C=O) groups excluding carboxylic acids is 1. The Morgan fingerprint density at radius 3 is 2.62 bits per heavy atom. The number of hydrogen-bond donors (Lipinski definition) is 1. The van der Waals surface area contributed by atoms with Gasteiger partial charge in [-0.3, -0.25) is 14.9 Å². The fourth-order valence-corrected chi connectivity index (χ4v) is 2.78. The highest BCUT2D eigenvalue weighted by Gasteiger charge is 2.34. The number of nitrogens with one attached hydrogen (secondary N) is 1.